The Morgan fingerprint density at radius 2 is 1.47 bits per heavy atom. The first kappa shape index (κ1) is 19.7. The molecule has 0 bridgehead atoms. The molecule has 0 fully saturated rings. The molecule has 4 rings (SSSR count). The van der Waals surface area contributed by atoms with E-state index < -0.39 is 18.1 Å². The Bertz CT molecular complexity index is 1030. The van der Waals surface area contributed by atoms with Crippen molar-refractivity contribution in [3.8, 4) is 16.9 Å². The van der Waals surface area contributed by atoms with Gasteiger partial charge in [0.1, 0.15) is 18.4 Å². The quantitative estimate of drug-likeness (QED) is 0.491. The lowest BCUT2D eigenvalue weighted by atomic mass is 9.98. The van der Waals surface area contributed by atoms with Gasteiger partial charge in [-0.1, -0.05) is 66.2 Å². The number of ether oxygens (including phenoxy) is 2. The maximum atomic E-state index is 12.3. The average molecular weight is 401 g/mol. The van der Waals surface area contributed by atoms with Crippen molar-refractivity contribution in [2.24, 2.45) is 0 Å². The molecule has 0 heterocycles. The number of fused-ring (bicyclic) bond motifs is 3. The minimum Gasteiger partial charge on any atom is -0.449 e. The maximum Gasteiger partial charge on any atom is 0.407 e. The topological polar surface area (TPSA) is 64.6 Å². The highest BCUT2D eigenvalue weighted by molar-refractivity contribution is 5.83. The van der Waals surface area contributed by atoms with Crippen LogP contribution in [-0.4, -0.2) is 24.7 Å². The smallest absolute Gasteiger partial charge is 0.407 e. The molecular formula is C25H23NO4. The standard InChI is InChI=1S/C25H23NO4/c1-16-11-13-18(14-12-16)30-24(27)17(2)26-25(28)29-15-23-21-9-5-3-7-19(21)20-8-4-6-10-22(20)23/h3-14,17,23H,15H2,1-2H3,(H,26,28)/t17-/m0/s1. The fraction of sp³-hybridized carbons (Fsp3) is 0.200. The van der Waals surface area contributed by atoms with Crippen molar-refractivity contribution < 1.29 is 19.1 Å². The van der Waals surface area contributed by atoms with Gasteiger partial charge in [-0.15, -0.1) is 0 Å². The van der Waals surface area contributed by atoms with Crippen LogP contribution in [0.3, 0.4) is 0 Å². The van der Waals surface area contributed by atoms with Gasteiger partial charge in [0, 0.05) is 5.92 Å². The van der Waals surface area contributed by atoms with Crippen LogP contribution in [0.2, 0.25) is 0 Å². The molecule has 0 spiro atoms. The molecule has 0 saturated heterocycles. The molecule has 1 aliphatic carbocycles. The van der Waals surface area contributed by atoms with Crippen molar-refractivity contribution in [3.63, 3.8) is 0 Å². The summed E-state index contributed by atoms with van der Waals surface area (Å²) < 4.78 is 10.8. The third-order valence-corrected chi connectivity index (χ3v) is 5.27. The van der Waals surface area contributed by atoms with E-state index in [1.807, 2.05) is 43.3 Å². The van der Waals surface area contributed by atoms with Crippen molar-refractivity contribution in [3.05, 3.63) is 89.5 Å². The van der Waals surface area contributed by atoms with Crippen LogP contribution in [0.15, 0.2) is 72.8 Å². The van der Waals surface area contributed by atoms with Crippen molar-refractivity contribution in [2.75, 3.05) is 6.61 Å². The van der Waals surface area contributed by atoms with Gasteiger partial charge in [-0.25, -0.2) is 9.59 Å². The van der Waals surface area contributed by atoms with Gasteiger partial charge in [-0.2, -0.15) is 0 Å². The van der Waals surface area contributed by atoms with Gasteiger partial charge >= 0.3 is 12.1 Å². The number of rotatable bonds is 5. The normalized spacial score (nSPS) is 13.1. The summed E-state index contributed by atoms with van der Waals surface area (Å²) in [6.07, 6.45) is -0.648. The van der Waals surface area contributed by atoms with E-state index in [0.29, 0.717) is 5.75 Å². The summed E-state index contributed by atoms with van der Waals surface area (Å²) >= 11 is 0. The number of carbonyl (C=O) groups is 2. The highest BCUT2D eigenvalue weighted by Crippen LogP contribution is 2.44. The second-order valence-corrected chi connectivity index (χ2v) is 7.43. The highest BCUT2D eigenvalue weighted by atomic mass is 16.6. The van der Waals surface area contributed by atoms with E-state index >= 15 is 0 Å². The van der Waals surface area contributed by atoms with Crippen LogP contribution in [0.25, 0.3) is 11.1 Å². The number of aryl methyl sites for hydroxylation is 1. The van der Waals surface area contributed by atoms with Gasteiger partial charge in [0.15, 0.2) is 0 Å². The van der Waals surface area contributed by atoms with E-state index in [1.54, 1.807) is 19.1 Å². The Morgan fingerprint density at radius 1 is 0.900 bits per heavy atom. The molecule has 1 N–H and O–H groups in total. The minimum absolute atomic E-state index is 0.0297. The summed E-state index contributed by atoms with van der Waals surface area (Å²) in [7, 11) is 0. The summed E-state index contributed by atoms with van der Waals surface area (Å²) in [5.74, 6) is -0.142. The van der Waals surface area contributed by atoms with Gasteiger partial charge in [0.05, 0.1) is 0 Å². The van der Waals surface area contributed by atoms with Gasteiger partial charge < -0.3 is 14.8 Å². The van der Waals surface area contributed by atoms with Crippen LogP contribution in [0.1, 0.15) is 29.5 Å². The third kappa shape index (κ3) is 4.06. The number of hydrogen-bond acceptors (Lipinski definition) is 4. The molecule has 0 saturated carbocycles. The molecule has 0 radical (unpaired) electrons. The Labute approximate surface area is 175 Å². The lowest BCUT2D eigenvalue weighted by Crippen LogP contribution is -2.41. The summed E-state index contributed by atoms with van der Waals surface area (Å²) in [5.41, 5.74) is 5.67. The summed E-state index contributed by atoms with van der Waals surface area (Å²) in [6.45, 7) is 3.71. The number of amides is 1. The maximum absolute atomic E-state index is 12.3. The second-order valence-electron chi connectivity index (χ2n) is 7.43. The Balaban J connectivity index is 1.36. The van der Waals surface area contributed by atoms with Crippen molar-refractivity contribution in [1.29, 1.82) is 0 Å². The Morgan fingerprint density at radius 3 is 2.07 bits per heavy atom. The first-order valence-electron chi connectivity index (χ1n) is 9.93. The summed E-state index contributed by atoms with van der Waals surface area (Å²) in [4.78, 5) is 24.5. The zero-order chi connectivity index (χ0) is 21.1. The molecule has 3 aromatic rings. The van der Waals surface area contributed by atoms with E-state index in [9.17, 15) is 9.59 Å². The average Bonchev–Trinajstić information content (AvgIpc) is 3.07. The molecule has 1 aliphatic rings. The lowest BCUT2D eigenvalue weighted by molar-refractivity contribution is -0.136. The largest absolute Gasteiger partial charge is 0.449 e. The number of carbonyl (C=O) groups excluding carboxylic acids is 2. The predicted octanol–water partition coefficient (Wildman–Crippen LogP) is 4.83. The molecule has 5 nitrogen and oxygen atoms in total. The molecule has 0 aliphatic heterocycles. The Kier molecular flexibility index (Phi) is 5.53. The number of benzene rings is 3. The molecule has 30 heavy (non-hydrogen) atoms. The second kappa shape index (κ2) is 8.41. The van der Waals surface area contributed by atoms with Crippen LogP contribution in [-0.2, 0) is 9.53 Å². The molecule has 5 heteroatoms. The van der Waals surface area contributed by atoms with Crippen LogP contribution < -0.4 is 10.1 Å². The molecule has 1 atom stereocenters. The van der Waals surface area contributed by atoms with Gasteiger partial charge in [0.2, 0.25) is 0 Å². The molecule has 1 amide bonds. The van der Waals surface area contributed by atoms with Crippen LogP contribution in [0, 0.1) is 6.92 Å². The zero-order valence-corrected chi connectivity index (χ0v) is 16.9. The minimum atomic E-state index is -0.832. The van der Waals surface area contributed by atoms with Crippen LogP contribution in [0.5, 0.6) is 5.75 Å². The Hall–Kier alpha value is -3.60. The van der Waals surface area contributed by atoms with Gasteiger partial charge in [-0.05, 0) is 48.2 Å². The fourth-order valence-corrected chi connectivity index (χ4v) is 3.69. The predicted molar refractivity (Wildman–Crippen MR) is 114 cm³/mol. The zero-order valence-electron chi connectivity index (χ0n) is 16.9. The van der Waals surface area contributed by atoms with E-state index in [-0.39, 0.29) is 12.5 Å². The lowest BCUT2D eigenvalue weighted by Gasteiger charge is -2.16. The van der Waals surface area contributed by atoms with E-state index in [1.165, 1.54) is 0 Å². The van der Waals surface area contributed by atoms with Gasteiger partial charge in [0.25, 0.3) is 0 Å². The van der Waals surface area contributed by atoms with Crippen molar-refractivity contribution in [1.82, 2.24) is 5.32 Å². The van der Waals surface area contributed by atoms with Crippen LogP contribution >= 0.6 is 0 Å². The first-order chi connectivity index (χ1) is 14.5. The third-order valence-electron chi connectivity index (χ3n) is 5.27. The van der Waals surface area contributed by atoms with Crippen molar-refractivity contribution in [2.45, 2.75) is 25.8 Å². The number of esters is 1. The molecule has 0 unspecified atom stereocenters. The molecule has 3 aromatic carbocycles. The first-order valence-corrected chi connectivity index (χ1v) is 9.93. The van der Waals surface area contributed by atoms with E-state index in [4.69, 9.17) is 9.47 Å². The number of nitrogens with one attached hydrogen (secondary N) is 1. The van der Waals surface area contributed by atoms with Crippen molar-refractivity contribution >= 4 is 12.1 Å². The highest BCUT2D eigenvalue weighted by Gasteiger charge is 2.29. The van der Waals surface area contributed by atoms with E-state index in [0.717, 1.165) is 27.8 Å². The summed E-state index contributed by atoms with van der Waals surface area (Å²) in [5, 5.41) is 2.55. The number of hydrogen-bond donors (Lipinski definition) is 1. The number of alkyl carbamates (subject to hydrolysis) is 1. The molecule has 152 valence electrons. The molecule has 0 aromatic heterocycles. The fourth-order valence-electron chi connectivity index (χ4n) is 3.69. The monoisotopic (exact) mass is 401 g/mol. The summed E-state index contributed by atoms with van der Waals surface area (Å²) in [6, 6.07) is 22.6. The van der Waals surface area contributed by atoms with E-state index in [2.05, 4.69) is 29.6 Å². The molecular weight excluding hydrogens is 378 g/mol. The SMILES string of the molecule is Cc1ccc(OC(=O)[C@H](C)NC(=O)OCC2c3ccccc3-c3ccccc32)cc1. The van der Waals surface area contributed by atoms with Gasteiger partial charge in [-0.3, -0.25) is 0 Å². The van der Waals surface area contributed by atoms with Crippen LogP contribution in [0.4, 0.5) is 4.79 Å².